The normalized spacial score (nSPS) is 14.3. The van der Waals surface area contributed by atoms with Gasteiger partial charge in [-0.25, -0.2) is 0 Å². The first kappa shape index (κ1) is 26.6. The summed E-state index contributed by atoms with van der Waals surface area (Å²) in [5.41, 5.74) is 0. The summed E-state index contributed by atoms with van der Waals surface area (Å²) in [6.45, 7) is 4.03. The van der Waals surface area contributed by atoms with E-state index < -0.39 is 12.1 Å². The predicted octanol–water partition coefficient (Wildman–Crippen LogP) is 5.21. The van der Waals surface area contributed by atoms with Crippen molar-refractivity contribution < 1.29 is 15.0 Å². The van der Waals surface area contributed by atoms with Crippen LogP contribution in [0.1, 0.15) is 90.9 Å². The second kappa shape index (κ2) is 20.3. The Morgan fingerprint density at radius 3 is 2.21 bits per heavy atom. The van der Waals surface area contributed by atoms with Crippen molar-refractivity contribution in [1.29, 1.82) is 0 Å². The molecule has 0 heterocycles. The molecule has 0 saturated carbocycles. The molecule has 162 valence electrons. The van der Waals surface area contributed by atoms with E-state index in [1.54, 1.807) is 0 Å². The van der Waals surface area contributed by atoms with Crippen LogP contribution in [0.25, 0.3) is 0 Å². The number of rotatable bonds is 18. The van der Waals surface area contributed by atoms with E-state index in [1.807, 2.05) is 0 Å². The number of aliphatic hydroxyl groups excluding tert-OH is 2. The molecule has 2 atom stereocenters. The van der Waals surface area contributed by atoms with E-state index in [0.29, 0.717) is 12.8 Å². The molecule has 0 aliphatic carbocycles. The van der Waals surface area contributed by atoms with Crippen LogP contribution < -0.4 is 5.32 Å². The molecule has 3 N–H and O–H groups in total. The highest BCUT2D eigenvalue weighted by Crippen LogP contribution is 2.08. The van der Waals surface area contributed by atoms with Gasteiger partial charge in [0, 0.05) is 6.42 Å². The van der Waals surface area contributed by atoms with Crippen molar-refractivity contribution in [2.45, 2.75) is 103 Å². The monoisotopic (exact) mass is 393 g/mol. The average molecular weight is 394 g/mol. The number of carbonyl (C=O) groups is 1. The zero-order valence-corrected chi connectivity index (χ0v) is 18.1. The fraction of sp³-hybridized carbons (Fsp3) is 0.708. The molecule has 28 heavy (non-hydrogen) atoms. The second-order valence-corrected chi connectivity index (χ2v) is 7.31. The van der Waals surface area contributed by atoms with Crippen LogP contribution in [-0.2, 0) is 4.79 Å². The molecular weight excluding hydrogens is 350 g/mol. The molecule has 1 amide bonds. The minimum absolute atomic E-state index is 0.0774. The lowest BCUT2D eigenvalue weighted by molar-refractivity contribution is -0.123. The van der Waals surface area contributed by atoms with E-state index in [0.717, 1.165) is 64.2 Å². The molecule has 0 radical (unpaired) electrons. The molecule has 2 unspecified atom stereocenters. The maximum atomic E-state index is 12.0. The molecule has 0 saturated heterocycles. The van der Waals surface area contributed by atoms with Crippen LogP contribution in [0.3, 0.4) is 0 Å². The minimum atomic E-state index is -0.664. The molecular formula is C24H43NO3. The van der Waals surface area contributed by atoms with Crippen molar-refractivity contribution in [2.75, 3.05) is 6.61 Å². The Hall–Kier alpha value is -1.39. The zero-order valence-electron chi connectivity index (χ0n) is 18.1. The van der Waals surface area contributed by atoms with Gasteiger partial charge in [0.05, 0.1) is 18.8 Å². The summed E-state index contributed by atoms with van der Waals surface area (Å²) in [7, 11) is 0. The van der Waals surface area contributed by atoms with E-state index in [-0.39, 0.29) is 12.5 Å². The van der Waals surface area contributed by atoms with E-state index in [2.05, 4.69) is 55.6 Å². The molecule has 0 aromatic rings. The maximum Gasteiger partial charge on any atom is 0.220 e. The zero-order chi connectivity index (χ0) is 20.9. The van der Waals surface area contributed by atoms with Gasteiger partial charge >= 0.3 is 0 Å². The highest BCUT2D eigenvalue weighted by Gasteiger charge is 2.19. The SMILES string of the molecule is CC/C=C\C/C=C\C/C=C\CCCCCC(=O)NC(CO)C(O)CCCCC. The van der Waals surface area contributed by atoms with Crippen LogP contribution in [0.4, 0.5) is 0 Å². The average Bonchev–Trinajstić information content (AvgIpc) is 2.69. The van der Waals surface area contributed by atoms with Gasteiger partial charge in [-0.1, -0.05) is 76.0 Å². The van der Waals surface area contributed by atoms with Crippen molar-refractivity contribution in [2.24, 2.45) is 0 Å². The molecule has 0 bridgehead atoms. The Labute approximate surface area is 172 Å². The first-order valence-electron chi connectivity index (χ1n) is 11.2. The Morgan fingerprint density at radius 1 is 0.893 bits per heavy atom. The van der Waals surface area contributed by atoms with Crippen molar-refractivity contribution in [3.8, 4) is 0 Å². The fourth-order valence-corrected chi connectivity index (χ4v) is 2.90. The van der Waals surface area contributed by atoms with Crippen LogP contribution in [0.5, 0.6) is 0 Å². The van der Waals surface area contributed by atoms with E-state index in [4.69, 9.17) is 0 Å². The van der Waals surface area contributed by atoms with E-state index >= 15 is 0 Å². The summed E-state index contributed by atoms with van der Waals surface area (Å²) in [5, 5.41) is 22.2. The van der Waals surface area contributed by atoms with Crippen LogP contribution in [0.15, 0.2) is 36.5 Å². The van der Waals surface area contributed by atoms with Gasteiger partial charge in [-0.3, -0.25) is 4.79 Å². The second-order valence-electron chi connectivity index (χ2n) is 7.31. The number of amides is 1. The molecule has 0 fully saturated rings. The summed E-state index contributed by atoms with van der Waals surface area (Å²) in [6, 6.07) is -0.544. The molecule has 0 aliphatic heterocycles. The first-order valence-corrected chi connectivity index (χ1v) is 11.2. The smallest absolute Gasteiger partial charge is 0.220 e. The molecule has 0 spiro atoms. The standard InChI is InChI=1S/C24H43NO3/c1-3-5-7-8-9-10-11-12-13-14-15-16-18-20-24(28)25-22(21-26)23(27)19-17-6-4-2/h5,7,9-10,12-13,22-23,26-27H,3-4,6,8,11,14-21H2,1-2H3,(H,25,28)/b7-5-,10-9-,13-12-. The van der Waals surface area contributed by atoms with Gasteiger partial charge < -0.3 is 15.5 Å². The highest BCUT2D eigenvalue weighted by molar-refractivity contribution is 5.76. The lowest BCUT2D eigenvalue weighted by atomic mass is 10.0. The summed E-state index contributed by atoms with van der Waals surface area (Å²) >= 11 is 0. The van der Waals surface area contributed by atoms with Gasteiger partial charge in [0.1, 0.15) is 0 Å². The van der Waals surface area contributed by atoms with Crippen molar-refractivity contribution in [3.63, 3.8) is 0 Å². The van der Waals surface area contributed by atoms with Crippen LogP contribution in [0, 0.1) is 0 Å². The first-order chi connectivity index (χ1) is 13.7. The number of allylic oxidation sites excluding steroid dienone is 6. The van der Waals surface area contributed by atoms with Crippen LogP contribution in [0.2, 0.25) is 0 Å². The van der Waals surface area contributed by atoms with Gasteiger partial charge in [0.25, 0.3) is 0 Å². The third-order valence-electron chi connectivity index (χ3n) is 4.67. The lowest BCUT2D eigenvalue weighted by Crippen LogP contribution is -2.45. The number of aliphatic hydroxyl groups is 2. The molecule has 0 aliphatic rings. The third-order valence-corrected chi connectivity index (χ3v) is 4.67. The Bertz CT molecular complexity index is 443. The number of hydrogen-bond donors (Lipinski definition) is 3. The predicted molar refractivity (Wildman–Crippen MR) is 119 cm³/mol. The van der Waals surface area contributed by atoms with Crippen LogP contribution >= 0.6 is 0 Å². The van der Waals surface area contributed by atoms with Crippen molar-refractivity contribution >= 4 is 5.91 Å². The summed E-state index contributed by atoms with van der Waals surface area (Å²) < 4.78 is 0. The van der Waals surface area contributed by atoms with Crippen LogP contribution in [-0.4, -0.2) is 34.9 Å². The van der Waals surface area contributed by atoms with Crippen molar-refractivity contribution in [1.82, 2.24) is 5.32 Å². The quantitative estimate of drug-likeness (QED) is 0.221. The summed E-state index contributed by atoms with van der Waals surface area (Å²) in [6.07, 6.45) is 23.7. The number of unbranched alkanes of at least 4 members (excludes halogenated alkanes) is 5. The Morgan fingerprint density at radius 2 is 1.57 bits per heavy atom. The maximum absolute atomic E-state index is 12.0. The van der Waals surface area contributed by atoms with Gasteiger partial charge in [-0.2, -0.15) is 0 Å². The highest BCUT2D eigenvalue weighted by atomic mass is 16.3. The van der Waals surface area contributed by atoms with E-state index in [1.165, 1.54) is 0 Å². The Kier molecular flexibility index (Phi) is 19.3. The molecule has 0 aromatic carbocycles. The number of hydrogen-bond acceptors (Lipinski definition) is 3. The topological polar surface area (TPSA) is 69.6 Å². The molecule has 0 aromatic heterocycles. The third kappa shape index (κ3) is 16.8. The lowest BCUT2D eigenvalue weighted by Gasteiger charge is -2.22. The summed E-state index contributed by atoms with van der Waals surface area (Å²) in [5.74, 6) is -0.0774. The summed E-state index contributed by atoms with van der Waals surface area (Å²) in [4.78, 5) is 12.0. The minimum Gasteiger partial charge on any atom is -0.394 e. The van der Waals surface area contributed by atoms with Crippen molar-refractivity contribution in [3.05, 3.63) is 36.5 Å². The van der Waals surface area contributed by atoms with Gasteiger partial charge in [0.15, 0.2) is 0 Å². The number of carbonyl (C=O) groups excluding carboxylic acids is 1. The Balaban J connectivity index is 3.72. The fourth-order valence-electron chi connectivity index (χ4n) is 2.90. The molecule has 4 heteroatoms. The van der Waals surface area contributed by atoms with Gasteiger partial charge in [0.2, 0.25) is 5.91 Å². The van der Waals surface area contributed by atoms with Gasteiger partial charge in [-0.05, 0) is 44.9 Å². The van der Waals surface area contributed by atoms with Gasteiger partial charge in [-0.15, -0.1) is 0 Å². The number of nitrogens with one attached hydrogen (secondary N) is 1. The molecule has 0 rings (SSSR count). The van der Waals surface area contributed by atoms with E-state index in [9.17, 15) is 15.0 Å². The molecule has 4 nitrogen and oxygen atoms in total. The largest absolute Gasteiger partial charge is 0.394 e.